The molecule has 3 atom stereocenters. The SMILES string of the molecule is CCCCCCCCC=CCCCCCC1OC1C(=O)OCC(O)CO. The molecule has 1 rings (SSSR count). The van der Waals surface area contributed by atoms with Gasteiger partial charge in [-0.2, -0.15) is 0 Å². The van der Waals surface area contributed by atoms with Gasteiger partial charge in [-0.15, -0.1) is 0 Å². The van der Waals surface area contributed by atoms with E-state index in [0.29, 0.717) is 0 Å². The predicted octanol–water partition coefficient (Wildman–Crippen LogP) is 3.91. The second kappa shape index (κ2) is 15.2. The fourth-order valence-corrected chi connectivity index (χ4v) is 2.95. The molecule has 0 aromatic heterocycles. The van der Waals surface area contributed by atoms with E-state index >= 15 is 0 Å². The van der Waals surface area contributed by atoms with Crippen molar-refractivity contribution < 1.29 is 24.5 Å². The van der Waals surface area contributed by atoms with Crippen LogP contribution in [0.2, 0.25) is 0 Å². The van der Waals surface area contributed by atoms with E-state index in [4.69, 9.17) is 19.7 Å². The van der Waals surface area contributed by atoms with Crippen LogP contribution in [0.15, 0.2) is 12.2 Å². The number of aliphatic hydroxyl groups is 2. The first-order valence-electron chi connectivity index (χ1n) is 10.4. The van der Waals surface area contributed by atoms with Crippen molar-refractivity contribution in [3.05, 3.63) is 12.2 Å². The number of ether oxygens (including phenoxy) is 2. The van der Waals surface area contributed by atoms with Gasteiger partial charge in [0.25, 0.3) is 0 Å². The molecule has 0 aliphatic carbocycles. The summed E-state index contributed by atoms with van der Waals surface area (Å²) in [7, 11) is 0. The van der Waals surface area contributed by atoms with E-state index < -0.39 is 24.8 Å². The molecule has 2 N–H and O–H groups in total. The summed E-state index contributed by atoms with van der Waals surface area (Å²) >= 11 is 0. The Kier molecular flexibility index (Phi) is 13.5. The minimum absolute atomic E-state index is 0.0305. The van der Waals surface area contributed by atoms with Gasteiger partial charge in [0.05, 0.1) is 12.7 Å². The lowest BCUT2D eigenvalue weighted by Gasteiger charge is -2.06. The summed E-state index contributed by atoms with van der Waals surface area (Å²) in [5.74, 6) is -0.430. The Labute approximate surface area is 158 Å². The van der Waals surface area contributed by atoms with Crippen molar-refractivity contribution in [2.24, 2.45) is 0 Å². The number of unbranched alkanes of at least 4 members (excludes halogenated alkanes) is 9. The Hall–Kier alpha value is -0.910. The first kappa shape index (κ1) is 23.1. The summed E-state index contributed by atoms with van der Waals surface area (Å²) in [5, 5.41) is 17.8. The number of esters is 1. The lowest BCUT2D eigenvalue weighted by Crippen LogP contribution is -2.24. The molecular formula is C21H38O5. The third kappa shape index (κ3) is 11.7. The standard InChI is InChI=1S/C21H38O5/c1-2-3-4-5-6-7-8-9-10-11-12-13-14-15-19-20(26-19)21(24)25-17-18(23)16-22/h9-10,18-20,22-23H,2-8,11-17H2,1H3. The second-order valence-electron chi connectivity index (χ2n) is 7.23. The van der Waals surface area contributed by atoms with Crippen LogP contribution in [0.5, 0.6) is 0 Å². The van der Waals surface area contributed by atoms with Crippen LogP contribution in [-0.2, 0) is 14.3 Å². The molecule has 5 nitrogen and oxygen atoms in total. The van der Waals surface area contributed by atoms with Crippen LogP contribution in [0.25, 0.3) is 0 Å². The Morgan fingerprint density at radius 2 is 1.65 bits per heavy atom. The van der Waals surface area contributed by atoms with E-state index in [0.717, 1.165) is 25.7 Å². The summed E-state index contributed by atoms with van der Waals surface area (Å²) in [6.45, 7) is 1.67. The van der Waals surface area contributed by atoms with Crippen LogP contribution in [0.1, 0.15) is 84.0 Å². The molecule has 1 saturated heterocycles. The van der Waals surface area contributed by atoms with Crippen molar-refractivity contribution in [1.82, 2.24) is 0 Å². The van der Waals surface area contributed by atoms with Gasteiger partial charge in [0.1, 0.15) is 12.7 Å². The maximum atomic E-state index is 11.6. The number of carbonyl (C=O) groups excluding carboxylic acids is 1. The number of aliphatic hydroxyl groups excluding tert-OH is 2. The molecule has 26 heavy (non-hydrogen) atoms. The average Bonchev–Trinajstić information content (AvgIpc) is 3.43. The van der Waals surface area contributed by atoms with Crippen molar-refractivity contribution in [1.29, 1.82) is 0 Å². The quantitative estimate of drug-likeness (QED) is 0.176. The van der Waals surface area contributed by atoms with Gasteiger partial charge < -0.3 is 19.7 Å². The van der Waals surface area contributed by atoms with Crippen molar-refractivity contribution in [2.75, 3.05) is 13.2 Å². The number of epoxide rings is 1. The van der Waals surface area contributed by atoms with Gasteiger partial charge in [-0.25, -0.2) is 4.79 Å². The highest BCUT2D eigenvalue weighted by Gasteiger charge is 2.45. The third-order valence-corrected chi connectivity index (χ3v) is 4.69. The largest absolute Gasteiger partial charge is 0.461 e. The number of rotatable bonds is 17. The van der Waals surface area contributed by atoms with Gasteiger partial charge in [-0.05, 0) is 32.1 Å². The number of carbonyl (C=O) groups is 1. The van der Waals surface area contributed by atoms with Gasteiger partial charge in [0, 0.05) is 0 Å². The molecule has 3 unspecified atom stereocenters. The molecule has 1 fully saturated rings. The molecule has 0 aromatic rings. The Morgan fingerprint density at radius 1 is 1.04 bits per heavy atom. The highest BCUT2D eigenvalue weighted by Crippen LogP contribution is 2.28. The van der Waals surface area contributed by atoms with Crippen LogP contribution in [0, 0.1) is 0 Å². The topological polar surface area (TPSA) is 79.3 Å². The highest BCUT2D eigenvalue weighted by molar-refractivity contribution is 5.77. The normalized spacial score (nSPS) is 20.4. The molecule has 5 heteroatoms. The summed E-state index contributed by atoms with van der Waals surface area (Å²) in [5.41, 5.74) is 0. The minimum Gasteiger partial charge on any atom is -0.461 e. The molecule has 152 valence electrons. The smallest absolute Gasteiger partial charge is 0.338 e. The highest BCUT2D eigenvalue weighted by atomic mass is 16.6. The average molecular weight is 371 g/mol. The summed E-state index contributed by atoms with van der Waals surface area (Å²) in [6.07, 6.45) is 17.8. The molecule has 1 aliphatic heterocycles. The van der Waals surface area contributed by atoms with E-state index in [1.165, 1.54) is 51.4 Å². The number of hydrogen-bond acceptors (Lipinski definition) is 5. The van der Waals surface area contributed by atoms with E-state index in [9.17, 15) is 4.79 Å². The molecule has 0 bridgehead atoms. The Balaban J connectivity index is 1.85. The fraction of sp³-hybridized carbons (Fsp3) is 0.857. The summed E-state index contributed by atoms with van der Waals surface area (Å²) in [6, 6.07) is 0. The van der Waals surface area contributed by atoms with Crippen molar-refractivity contribution in [2.45, 2.75) is 102 Å². The van der Waals surface area contributed by atoms with Crippen LogP contribution >= 0.6 is 0 Å². The zero-order valence-electron chi connectivity index (χ0n) is 16.4. The molecule has 1 aliphatic rings. The molecule has 0 spiro atoms. The zero-order valence-corrected chi connectivity index (χ0v) is 16.4. The van der Waals surface area contributed by atoms with Gasteiger partial charge in [0.15, 0.2) is 6.10 Å². The molecule has 1 heterocycles. The first-order chi connectivity index (χ1) is 12.7. The monoisotopic (exact) mass is 370 g/mol. The number of allylic oxidation sites excluding steroid dienone is 2. The van der Waals surface area contributed by atoms with Crippen molar-refractivity contribution in [3.8, 4) is 0 Å². The first-order valence-corrected chi connectivity index (χ1v) is 10.4. The predicted molar refractivity (Wildman–Crippen MR) is 103 cm³/mol. The second-order valence-corrected chi connectivity index (χ2v) is 7.23. The molecule has 0 aromatic carbocycles. The van der Waals surface area contributed by atoms with Gasteiger partial charge >= 0.3 is 5.97 Å². The Morgan fingerprint density at radius 3 is 2.31 bits per heavy atom. The van der Waals surface area contributed by atoms with Crippen LogP contribution < -0.4 is 0 Å². The lowest BCUT2D eigenvalue weighted by molar-refractivity contribution is -0.148. The van der Waals surface area contributed by atoms with Gasteiger partial charge in [-0.3, -0.25) is 0 Å². The Bertz CT molecular complexity index is 383. The van der Waals surface area contributed by atoms with Crippen LogP contribution in [-0.4, -0.2) is 47.7 Å². The van der Waals surface area contributed by atoms with E-state index in [1.807, 2.05) is 0 Å². The lowest BCUT2D eigenvalue weighted by atomic mass is 10.1. The molecule has 0 saturated carbocycles. The number of hydrogen-bond donors (Lipinski definition) is 2. The van der Waals surface area contributed by atoms with E-state index in [1.54, 1.807) is 0 Å². The van der Waals surface area contributed by atoms with Gasteiger partial charge in [-0.1, -0.05) is 64.0 Å². The maximum absolute atomic E-state index is 11.6. The third-order valence-electron chi connectivity index (χ3n) is 4.69. The molecule has 0 radical (unpaired) electrons. The zero-order chi connectivity index (χ0) is 19.0. The van der Waals surface area contributed by atoms with Crippen LogP contribution in [0.4, 0.5) is 0 Å². The maximum Gasteiger partial charge on any atom is 0.338 e. The summed E-state index contributed by atoms with van der Waals surface area (Å²) < 4.78 is 10.2. The summed E-state index contributed by atoms with van der Waals surface area (Å²) in [4.78, 5) is 11.6. The van der Waals surface area contributed by atoms with Gasteiger partial charge in [0.2, 0.25) is 0 Å². The van der Waals surface area contributed by atoms with Crippen molar-refractivity contribution in [3.63, 3.8) is 0 Å². The fourth-order valence-electron chi connectivity index (χ4n) is 2.95. The minimum atomic E-state index is -1.01. The van der Waals surface area contributed by atoms with Crippen molar-refractivity contribution >= 4 is 5.97 Å². The molecular weight excluding hydrogens is 332 g/mol. The van der Waals surface area contributed by atoms with E-state index in [2.05, 4.69) is 19.1 Å². The van der Waals surface area contributed by atoms with E-state index in [-0.39, 0.29) is 12.7 Å². The van der Waals surface area contributed by atoms with Crippen LogP contribution in [0.3, 0.4) is 0 Å². The molecule has 0 amide bonds.